The highest BCUT2D eigenvalue weighted by Gasteiger charge is 2.12. The Balaban J connectivity index is 2.08. The molecule has 2 N–H and O–H groups in total. The Kier molecular flexibility index (Phi) is 6.27. The Morgan fingerprint density at radius 2 is 1.92 bits per heavy atom. The van der Waals surface area contributed by atoms with Crippen LogP contribution in [0.4, 0.5) is 5.69 Å². The number of ether oxygens (including phenoxy) is 1. The molecule has 0 fully saturated rings. The molecule has 0 saturated heterocycles. The van der Waals surface area contributed by atoms with Crippen LogP contribution in [0.15, 0.2) is 42.5 Å². The molecule has 0 aliphatic rings. The number of hydrogen-bond donors (Lipinski definition) is 2. The molecule has 2 aromatic carbocycles. The number of halogens is 1. The van der Waals surface area contributed by atoms with Gasteiger partial charge in [0.25, 0.3) is 5.91 Å². The van der Waals surface area contributed by atoms with Gasteiger partial charge in [-0.2, -0.15) is 0 Å². The lowest BCUT2D eigenvalue weighted by atomic mass is 10.1. The number of rotatable bonds is 7. The molecule has 8 heteroatoms. The van der Waals surface area contributed by atoms with Gasteiger partial charge in [0.15, 0.2) is 0 Å². The third-order valence-corrected chi connectivity index (χ3v) is 4.14. The minimum atomic E-state index is -3.44. The van der Waals surface area contributed by atoms with Crippen LogP contribution >= 0.6 is 11.6 Å². The van der Waals surface area contributed by atoms with E-state index in [9.17, 15) is 13.2 Å². The lowest BCUT2D eigenvalue weighted by Crippen LogP contribution is -2.23. The predicted octanol–water partition coefficient (Wildman–Crippen LogP) is 3.04. The molecule has 2 rings (SSSR count). The average molecular weight is 383 g/mol. The van der Waals surface area contributed by atoms with Gasteiger partial charge in [0.05, 0.1) is 23.6 Å². The molecule has 1 amide bonds. The van der Waals surface area contributed by atoms with E-state index in [1.807, 2.05) is 31.2 Å². The van der Waals surface area contributed by atoms with Crippen molar-refractivity contribution in [1.82, 2.24) is 5.32 Å². The highest BCUT2D eigenvalue weighted by atomic mass is 35.5. The van der Waals surface area contributed by atoms with Crippen molar-refractivity contribution >= 4 is 33.2 Å². The molecule has 0 heterocycles. The van der Waals surface area contributed by atoms with Gasteiger partial charge in [-0.25, -0.2) is 8.42 Å². The quantitative estimate of drug-likeness (QED) is 0.770. The van der Waals surface area contributed by atoms with Crippen molar-refractivity contribution in [3.05, 3.63) is 58.6 Å². The van der Waals surface area contributed by atoms with Crippen LogP contribution in [-0.4, -0.2) is 27.2 Å². The van der Waals surface area contributed by atoms with E-state index in [0.29, 0.717) is 18.7 Å². The van der Waals surface area contributed by atoms with E-state index in [-0.39, 0.29) is 16.6 Å². The average Bonchev–Trinajstić information content (AvgIpc) is 2.55. The normalized spacial score (nSPS) is 11.0. The molecule has 2 aromatic rings. The first-order chi connectivity index (χ1) is 11.8. The molecule has 0 unspecified atom stereocenters. The highest BCUT2D eigenvalue weighted by Crippen LogP contribution is 2.24. The molecular formula is C17H19ClN2O4S. The molecule has 0 aromatic heterocycles. The number of sulfonamides is 1. The Bertz CT molecular complexity index is 869. The number of hydrogen-bond acceptors (Lipinski definition) is 4. The summed E-state index contributed by atoms with van der Waals surface area (Å²) in [5.74, 6) is 0.398. The maximum Gasteiger partial charge on any atom is 0.251 e. The van der Waals surface area contributed by atoms with E-state index in [4.69, 9.17) is 16.3 Å². The van der Waals surface area contributed by atoms with E-state index in [1.54, 1.807) is 0 Å². The first kappa shape index (κ1) is 19.1. The van der Waals surface area contributed by atoms with Crippen molar-refractivity contribution < 1.29 is 17.9 Å². The third-order valence-electron chi connectivity index (χ3n) is 3.24. The molecule has 0 bridgehead atoms. The third kappa shape index (κ3) is 5.65. The second-order valence-corrected chi connectivity index (χ2v) is 7.45. The van der Waals surface area contributed by atoms with Gasteiger partial charge in [-0.3, -0.25) is 9.52 Å². The van der Waals surface area contributed by atoms with Crippen LogP contribution in [0.5, 0.6) is 5.75 Å². The number of benzene rings is 2. The number of carbonyl (C=O) groups is 1. The van der Waals surface area contributed by atoms with Gasteiger partial charge < -0.3 is 10.1 Å². The lowest BCUT2D eigenvalue weighted by molar-refractivity contribution is 0.0950. The summed E-state index contributed by atoms with van der Waals surface area (Å²) in [6.45, 7) is 2.73. The Hall–Kier alpha value is -2.25. The first-order valence-electron chi connectivity index (χ1n) is 7.56. The molecular weight excluding hydrogens is 364 g/mol. The fraction of sp³-hybridized carbons (Fsp3) is 0.235. The maximum atomic E-state index is 12.3. The minimum absolute atomic E-state index is 0.146. The summed E-state index contributed by atoms with van der Waals surface area (Å²) >= 11 is 6.04. The van der Waals surface area contributed by atoms with Crippen molar-refractivity contribution in [3.8, 4) is 5.75 Å². The first-order valence-corrected chi connectivity index (χ1v) is 9.83. The van der Waals surface area contributed by atoms with Gasteiger partial charge in [0, 0.05) is 17.7 Å². The van der Waals surface area contributed by atoms with E-state index in [2.05, 4.69) is 10.0 Å². The number of para-hydroxylation sites is 1. The Labute approximate surface area is 152 Å². The summed E-state index contributed by atoms with van der Waals surface area (Å²) in [5, 5.41) is 2.94. The van der Waals surface area contributed by atoms with Crippen LogP contribution in [0.2, 0.25) is 5.02 Å². The summed E-state index contributed by atoms with van der Waals surface area (Å²) in [7, 11) is -3.44. The highest BCUT2D eigenvalue weighted by molar-refractivity contribution is 7.92. The van der Waals surface area contributed by atoms with E-state index < -0.39 is 10.0 Å². The molecule has 0 aliphatic heterocycles. The van der Waals surface area contributed by atoms with Crippen molar-refractivity contribution in [1.29, 1.82) is 0 Å². The van der Waals surface area contributed by atoms with Crippen LogP contribution in [0.25, 0.3) is 0 Å². The van der Waals surface area contributed by atoms with Gasteiger partial charge in [0.1, 0.15) is 5.75 Å². The van der Waals surface area contributed by atoms with Crippen LogP contribution in [-0.2, 0) is 16.6 Å². The minimum Gasteiger partial charge on any atom is -0.494 e. The largest absolute Gasteiger partial charge is 0.494 e. The van der Waals surface area contributed by atoms with Crippen molar-refractivity contribution in [3.63, 3.8) is 0 Å². The monoisotopic (exact) mass is 382 g/mol. The second kappa shape index (κ2) is 8.22. The van der Waals surface area contributed by atoms with Gasteiger partial charge in [-0.1, -0.05) is 29.8 Å². The summed E-state index contributed by atoms with van der Waals surface area (Å²) < 4.78 is 30.3. The van der Waals surface area contributed by atoms with Crippen molar-refractivity contribution in [2.45, 2.75) is 13.5 Å². The molecule has 0 atom stereocenters. The molecule has 25 heavy (non-hydrogen) atoms. The molecule has 0 saturated carbocycles. The van der Waals surface area contributed by atoms with Crippen LogP contribution < -0.4 is 14.8 Å². The fourth-order valence-electron chi connectivity index (χ4n) is 2.16. The molecule has 0 radical (unpaired) electrons. The SMILES string of the molecule is CCOc1ccccc1CNC(=O)c1ccc(NS(C)(=O)=O)c(Cl)c1. The molecule has 134 valence electrons. The second-order valence-electron chi connectivity index (χ2n) is 5.29. The van der Waals surface area contributed by atoms with Crippen molar-refractivity contribution in [2.75, 3.05) is 17.6 Å². The Morgan fingerprint density at radius 3 is 2.56 bits per heavy atom. The number of anilines is 1. The van der Waals surface area contributed by atoms with E-state index in [1.165, 1.54) is 18.2 Å². The molecule has 0 aliphatic carbocycles. The summed E-state index contributed by atoms with van der Waals surface area (Å²) in [4.78, 5) is 12.3. The zero-order valence-corrected chi connectivity index (χ0v) is 15.4. The standard InChI is InChI=1S/C17H19ClN2O4S/c1-3-24-16-7-5-4-6-13(16)11-19-17(21)12-8-9-15(14(18)10-12)20-25(2,22)23/h4-10,20H,3,11H2,1-2H3,(H,19,21). The van der Waals surface area contributed by atoms with Gasteiger partial charge in [0.2, 0.25) is 10.0 Å². The van der Waals surface area contributed by atoms with Gasteiger partial charge in [-0.05, 0) is 31.2 Å². The lowest BCUT2D eigenvalue weighted by Gasteiger charge is -2.12. The molecule has 6 nitrogen and oxygen atoms in total. The maximum absolute atomic E-state index is 12.3. The number of amides is 1. The number of nitrogens with one attached hydrogen (secondary N) is 2. The van der Waals surface area contributed by atoms with E-state index >= 15 is 0 Å². The fourth-order valence-corrected chi connectivity index (χ4v) is 3.02. The van der Waals surface area contributed by atoms with E-state index in [0.717, 1.165) is 17.6 Å². The zero-order chi connectivity index (χ0) is 18.4. The smallest absolute Gasteiger partial charge is 0.251 e. The summed E-state index contributed by atoms with van der Waals surface area (Å²) in [5.41, 5.74) is 1.42. The van der Waals surface area contributed by atoms with Gasteiger partial charge >= 0.3 is 0 Å². The Morgan fingerprint density at radius 1 is 1.20 bits per heavy atom. The number of carbonyl (C=O) groups excluding carboxylic acids is 1. The summed E-state index contributed by atoms with van der Waals surface area (Å²) in [6.07, 6.45) is 1.03. The predicted molar refractivity (Wildman–Crippen MR) is 98.7 cm³/mol. The van der Waals surface area contributed by atoms with Gasteiger partial charge in [-0.15, -0.1) is 0 Å². The summed E-state index contributed by atoms with van der Waals surface area (Å²) in [6, 6.07) is 11.8. The van der Waals surface area contributed by atoms with Crippen LogP contribution in [0.3, 0.4) is 0 Å². The zero-order valence-electron chi connectivity index (χ0n) is 13.9. The van der Waals surface area contributed by atoms with Crippen molar-refractivity contribution in [2.24, 2.45) is 0 Å². The molecule has 0 spiro atoms. The van der Waals surface area contributed by atoms with Crippen LogP contribution in [0, 0.1) is 0 Å². The van der Waals surface area contributed by atoms with Crippen LogP contribution in [0.1, 0.15) is 22.8 Å². The topological polar surface area (TPSA) is 84.5 Å².